The number of aliphatic hydroxyl groups excluding tert-OH is 1. The molecule has 1 aliphatic rings. The van der Waals surface area contributed by atoms with Crippen molar-refractivity contribution in [2.45, 2.75) is 19.4 Å². The van der Waals surface area contributed by atoms with E-state index in [0.717, 1.165) is 12.8 Å². The number of amides is 2. The third-order valence-electron chi connectivity index (χ3n) is 4.36. The molecule has 2 heterocycles. The van der Waals surface area contributed by atoms with Crippen molar-refractivity contribution in [1.29, 1.82) is 0 Å². The Balaban J connectivity index is 1.62. The number of benzene rings is 1. The zero-order valence-corrected chi connectivity index (χ0v) is 14.4. The second-order valence-electron chi connectivity index (χ2n) is 6.32. The first-order chi connectivity index (χ1) is 12.7. The van der Waals surface area contributed by atoms with Gasteiger partial charge in [-0.2, -0.15) is 0 Å². The van der Waals surface area contributed by atoms with Crippen molar-refractivity contribution in [2.75, 3.05) is 19.7 Å². The van der Waals surface area contributed by atoms with Crippen molar-refractivity contribution in [3.8, 4) is 11.6 Å². The number of hydrogen-bond donors (Lipinski definition) is 2. The highest BCUT2D eigenvalue weighted by Gasteiger charge is 2.23. The van der Waals surface area contributed by atoms with Crippen molar-refractivity contribution in [1.82, 2.24) is 15.2 Å². The van der Waals surface area contributed by atoms with E-state index < -0.39 is 5.82 Å². The van der Waals surface area contributed by atoms with Crippen molar-refractivity contribution in [3.05, 3.63) is 54.0 Å². The van der Waals surface area contributed by atoms with Crippen molar-refractivity contribution in [2.24, 2.45) is 5.92 Å². The Bertz CT molecular complexity index is 756. The Morgan fingerprint density at radius 3 is 3.08 bits per heavy atom. The summed E-state index contributed by atoms with van der Waals surface area (Å²) in [6, 6.07) is 9.19. The summed E-state index contributed by atoms with van der Waals surface area (Å²) in [5.41, 5.74) is 0.695. The fraction of sp³-hybridized carbons (Fsp3) is 0.368. The lowest BCUT2D eigenvalue weighted by molar-refractivity contribution is 0.129. The molecule has 0 bridgehead atoms. The number of ether oxygens (including phenoxy) is 1. The van der Waals surface area contributed by atoms with Gasteiger partial charge in [0.05, 0.1) is 0 Å². The van der Waals surface area contributed by atoms with Crippen LogP contribution in [0.3, 0.4) is 0 Å². The molecule has 2 amide bonds. The number of pyridine rings is 1. The summed E-state index contributed by atoms with van der Waals surface area (Å²) in [5.74, 6) is 0.417. The summed E-state index contributed by atoms with van der Waals surface area (Å²) >= 11 is 0. The third kappa shape index (κ3) is 4.70. The fourth-order valence-corrected chi connectivity index (χ4v) is 2.97. The topological polar surface area (TPSA) is 74.7 Å². The standard InChI is InChI=1S/C19H22FN3O3/c20-16-6-1-7-17(10-16)26-18-15(5-2-8-21-18)11-22-19(25)23-9-3-4-14(12-23)13-24/h1-2,5-8,10,14,24H,3-4,9,11-13H2,(H,22,25). The lowest BCUT2D eigenvalue weighted by Gasteiger charge is -2.31. The summed E-state index contributed by atoms with van der Waals surface area (Å²) in [4.78, 5) is 18.3. The maximum absolute atomic E-state index is 13.3. The average molecular weight is 359 g/mol. The van der Waals surface area contributed by atoms with E-state index in [0.29, 0.717) is 30.3 Å². The van der Waals surface area contributed by atoms with Crippen LogP contribution in [0.1, 0.15) is 18.4 Å². The molecule has 1 atom stereocenters. The Morgan fingerprint density at radius 2 is 2.27 bits per heavy atom. The second-order valence-corrected chi connectivity index (χ2v) is 6.32. The van der Waals surface area contributed by atoms with E-state index in [1.54, 1.807) is 35.4 Å². The molecule has 0 spiro atoms. The van der Waals surface area contributed by atoms with Gasteiger partial charge in [-0.25, -0.2) is 14.2 Å². The number of likely N-dealkylation sites (tertiary alicyclic amines) is 1. The number of nitrogens with one attached hydrogen (secondary N) is 1. The predicted octanol–water partition coefficient (Wildman–Crippen LogP) is 2.93. The summed E-state index contributed by atoms with van der Waals surface area (Å²) < 4.78 is 19.0. The first-order valence-electron chi connectivity index (χ1n) is 8.66. The van der Waals surface area contributed by atoms with E-state index in [-0.39, 0.29) is 25.1 Å². The molecule has 2 N–H and O–H groups in total. The zero-order chi connectivity index (χ0) is 18.4. The minimum Gasteiger partial charge on any atom is -0.439 e. The molecule has 6 nitrogen and oxygen atoms in total. The highest BCUT2D eigenvalue weighted by molar-refractivity contribution is 5.74. The minimum absolute atomic E-state index is 0.0952. The Morgan fingerprint density at radius 1 is 1.38 bits per heavy atom. The zero-order valence-electron chi connectivity index (χ0n) is 14.4. The van der Waals surface area contributed by atoms with Crippen LogP contribution in [0.15, 0.2) is 42.6 Å². The monoisotopic (exact) mass is 359 g/mol. The van der Waals surface area contributed by atoms with E-state index in [1.807, 2.05) is 0 Å². The number of carbonyl (C=O) groups excluding carboxylic acids is 1. The molecule has 1 aromatic heterocycles. The van der Waals surface area contributed by atoms with Crippen molar-refractivity contribution in [3.63, 3.8) is 0 Å². The molecule has 3 rings (SSSR count). The summed E-state index contributed by atoms with van der Waals surface area (Å²) in [6.45, 7) is 1.58. The lowest BCUT2D eigenvalue weighted by atomic mass is 9.99. The summed E-state index contributed by atoms with van der Waals surface area (Å²) in [6.07, 6.45) is 3.41. The molecule has 138 valence electrons. The van der Waals surface area contributed by atoms with Gasteiger partial charge in [-0.15, -0.1) is 0 Å². The number of halogens is 1. The smallest absolute Gasteiger partial charge is 0.317 e. The molecule has 1 unspecified atom stereocenters. The highest BCUT2D eigenvalue weighted by atomic mass is 19.1. The minimum atomic E-state index is -0.392. The van der Waals surface area contributed by atoms with Crippen LogP contribution < -0.4 is 10.1 Å². The van der Waals surface area contributed by atoms with Gasteiger partial charge >= 0.3 is 6.03 Å². The second kappa shape index (κ2) is 8.62. The molecule has 1 fully saturated rings. The fourth-order valence-electron chi connectivity index (χ4n) is 2.97. The van der Waals surface area contributed by atoms with Crippen molar-refractivity contribution < 1.29 is 19.0 Å². The van der Waals surface area contributed by atoms with Gasteiger partial charge in [0.15, 0.2) is 0 Å². The number of hydrogen-bond acceptors (Lipinski definition) is 4. The van der Waals surface area contributed by atoms with Crippen LogP contribution in [-0.4, -0.2) is 40.7 Å². The lowest BCUT2D eigenvalue weighted by Crippen LogP contribution is -2.45. The van der Waals surface area contributed by atoms with E-state index in [1.165, 1.54) is 12.1 Å². The summed E-state index contributed by atoms with van der Waals surface area (Å²) in [5, 5.41) is 12.1. The molecule has 26 heavy (non-hydrogen) atoms. The number of carbonyl (C=O) groups is 1. The molecule has 2 aromatic rings. The number of aromatic nitrogens is 1. The van der Waals surface area contributed by atoms with Gasteiger partial charge in [-0.3, -0.25) is 0 Å². The molecule has 1 saturated heterocycles. The summed E-state index contributed by atoms with van der Waals surface area (Å²) in [7, 11) is 0. The molecular weight excluding hydrogens is 337 g/mol. The van der Waals surface area contributed by atoms with Gasteiger partial charge < -0.3 is 20.1 Å². The van der Waals surface area contributed by atoms with E-state index in [9.17, 15) is 14.3 Å². The van der Waals surface area contributed by atoms with E-state index >= 15 is 0 Å². The van der Waals surface area contributed by atoms with E-state index in [2.05, 4.69) is 10.3 Å². The average Bonchev–Trinajstić information content (AvgIpc) is 2.67. The molecular formula is C19H22FN3O3. The Hall–Kier alpha value is -2.67. The van der Waals surface area contributed by atoms with E-state index in [4.69, 9.17) is 4.74 Å². The van der Waals surface area contributed by atoms with Crippen LogP contribution in [-0.2, 0) is 6.54 Å². The molecule has 0 aliphatic carbocycles. The molecule has 0 saturated carbocycles. The van der Waals surface area contributed by atoms with Gasteiger partial charge in [0.1, 0.15) is 11.6 Å². The maximum atomic E-state index is 13.3. The number of piperidine rings is 1. The van der Waals surface area contributed by atoms with Gasteiger partial charge in [0.2, 0.25) is 5.88 Å². The van der Waals surface area contributed by atoms with Crippen LogP contribution >= 0.6 is 0 Å². The molecule has 0 radical (unpaired) electrons. The quantitative estimate of drug-likeness (QED) is 0.861. The Labute approximate surface area is 151 Å². The van der Waals surface area contributed by atoms with Gasteiger partial charge in [0.25, 0.3) is 0 Å². The van der Waals surface area contributed by atoms with Crippen LogP contribution in [0.5, 0.6) is 11.6 Å². The largest absolute Gasteiger partial charge is 0.439 e. The Kier molecular flexibility index (Phi) is 6.01. The van der Waals surface area contributed by atoms with Crippen LogP contribution in [0, 0.1) is 11.7 Å². The van der Waals surface area contributed by atoms with Crippen LogP contribution in [0.4, 0.5) is 9.18 Å². The number of urea groups is 1. The highest BCUT2D eigenvalue weighted by Crippen LogP contribution is 2.23. The van der Waals surface area contributed by atoms with Crippen LogP contribution in [0.25, 0.3) is 0 Å². The SMILES string of the molecule is O=C(NCc1cccnc1Oc1cccc(F)c1)N1CCCC(CO)C1. The molecule has 1 aliphatic heterocycles. The normalized spacial score (nSPS) is 17.0. The van der Waals surface area contributed by atoms with Gasteiger partial charge in [-0.1, -0.05) is 12.1 Å². The molecule has 1 aromatic carbocycles. The molecule has 7 heteroatoms. The third-order valence-corrected chi connectivity index (χ3v) is 4.36. The van der Waals surface area contributed by atoms with Crippen LogP contribution in [0.2, 0.25) is 0 Å². The number of nitrogens with zero attached hydrogens (tertiary/aromatic N) is 2. The van der Waals surface area contributed by atoms with Crippen molar-refractivity contribution >= 4 is 6.03 Å². The van der Waals surface area contributed by atoms with Gasteiger partial charge in [0, 0.05) is 44.1 Å². The first-order valence-corrected chi connectivity index (χ1v) is 8.66. The number of aliphatic hydroxyl groups is 1. The maximum Gasteiger partial charge on any atom is 0.317 e. The predicted molar refractivity (Wildman–Crippen MR) is 94.3 cm³/mol. The number of rotatable bonds is 5. The first kappa shape index (κ1) is 18.1. The van der Waals surface area contributed by atoms with Gasteiger partial charge in [-0.05, 0) is 37.0 Å².